The minimum atomic E-state index is -0.812. The van der Waals surface area contributed by atoms with Gasteiger partial charge in [0.25, 0.3) is 5.91 Å². The maximum atomic E-state index is 11.9. The van der Waals surface area contributed by atoms with E-state index >= 15 is 0 Å². The van der Waals surface area contributed by atoms with Crippen molar-refractivity contribution in [1.82, 2.24) is 9.62 Å². The SMILES string of the molecule is Cc1cccc(SN2C(=O)NC(C)(C)C2=O)c1. The van der Waals surface area contributed by atoms with Crippen LogP contribution in [0.25, 0.3) is 0 Å². The topological polar surface area (TPSA) is 49.4 Å². The zero-order chi connectivity index (χ0) is 12.6. The number of nitrogens with zero attached hydrogens (tertiary/aromatic N) is 1. The first-order valence-corrected chi connectivity index (χ1v) is 6.09. The lowest BCUT2D eigenvalue weighted by Crippen LogP contribution is -2.39. The number of nitrogens with one attached hydrogen (secondary N) is 1. The van der Waals surface area contributed by atoms with Gasteiger partial charge in [-0.2, -0.15) is 4.31 Å². The van der Waals surface area contributed by atoms with E-state index in [4.69, 9.17) is 0 Å². The minimum Gasteiger partial charge on any atom is -0.323 e. The van der Waals surface area contributed by atoms with Crippen molar-refractivity contribution < 1.29 is 9.59 Å². The molecule has 0 saturated carbocycles. The standard InChI is InChI=1S/C12H14N2O2S/c1-8-5-4-6-9(7-8)17-14-10(15)12(2,3)13-11(14)16/h4-7H,1-3H3,(H,13,16). The Morgan fingerprint density at radius 3 is 2.53 bits per heavy atom. The number of rotatable bonds is 2. The summed E-state index contributed by atoms with van der Waals surface area (Å²) >= 11 is 1.16. The van der Waals surface area contributed by atoms with Gasteiger partial charge in [0.05, 0.1) is 0 Å². The van der Waals surface area contributed by atoms with Gasteiger partial charge in [-0.25, -0.2) is 4.79 Å². The Hall–Kier alpha value is -1.49. The van der Waals surface area contributed by atoms with Crippen molar-refractivity contribution >= 4 is 23.9 Å². The van der Waals surface area contributed by atoms with Crippen molar-refractivity contribution in [3.8, 4) is 0 Å². The number of aryl methyl sites for hydroxylation is 1. The second-order valence-electron chi connectivity index (χ2n) is 4.56. The highest BCUT2D eigenvalue weighted by atomic mass is 32.2. The van der Waals surface area contributed by atoms with Gasteiger partial charge in [0.1, 0.15) is 5.54 Å². The number of urea groups is 1. The Morgan fingerprint density at radius 2 is 2.00 bits per heavy atom. The summed E-state index contributed by atoms with van der Waals surface area (Å²) in [5.74, 6) is -0.214. The molecule has 1 aliphatic heterocycles. The Morgan fingerprint density at radius 1 is 1.29 bits per heavy atom. The van der Waals surface area contributed by atoms with Crippen LogP contribution in [0.1, 0.15) is 19.4 Å². The van der Waals surface area contributed by atoms with Gasteiger partial charge in [-0.15, -0.1) is 0 Å². The van der Waals surface area contributed by atoms with E-state index in [0.29, 0.717) is 0 Å². The van der Waals surface area contributed by atoms with Crippen molar-refractivity contribution in [1.29, 1.82) is 0 Å². The molecule has 5 heteroatoms. The summed E-state index contributed by atoms with van der Waals surface area (Å²) < 4.78 is 1.18. The second kappa shape index (κ2) is 4.07. The number of carbonyl (C=O) groups is 2. The van der Waals surface area contributed by atoms with E-state index in [1.807, 2.05) is 31.2 Å². The number of imide groups is 1. The molecule has 3 amide bonds. The first-order chi connectivity index (χ1) is 7.90. The molecular formula is C12H14N2O2S. The molecule has 1 aromatic rings. The predicted octanol–water partition coefficient (Wildman–Crippen LogP) is 2.33. The fourth-order valence-electron chi connectivity index (χ4n) is 1.58. The van der Waals surface area contributed by atoms with Gasteiger partial charge in [0, 0.05) is 4.90 Å². The zero-order valence-electron chi connectivity index (χ0n) is 9.98. The monoisotopic (exact) mass is 250 g/mol. The van der Waals surface area contributed by atoms with E-state index in [9.17, 15) is 9.59 Å². The number of benzene rings is 1. The van der Waals surface area contributed by atoms with E-state index < -0.39 is 5.54 Å². The van der Waals surface area contributed by atoms with Crippen molar-refractivity contribution in [2.75, 3.05) is 0 Å². The van der Waals surface area contributed by atoms with E-state index in [0.717, 1.165) is 22.4 Å². The molecule has 4 nitrogen and oxygen atoms in total. The van der Waals surface area contributed by atoms with Crippen LogP contribution in [0, 0.1) is 6.92 Å². The van der Waals surface area contributed by atoms with Crippen LogP contribution in [0.15, 0.2) is 29.2 Å². The molecule has 90 valence electrons. The van der Waals surface area contributed by atoms with Crippen LogP contribution in [0.4, 0.5) is 4.79 Å². The third-order valence-electron chi connectivity index (χ3n) is 2.51. The summed E-state index contributed by atoms with van der Waals surface area (Å²) in [6.45, 7) is 5.37. The number of amides is 3. The predicted molar refractivity (Wildman–Crippen MR) is 66.5 cm³/mol. The van der Waals surface area contributed by atoms with Crippen LogP contribution in [-0.2, 0) is 4.79 Å². The first-order valence-electron chi connectivity index (χ1n) is 5.31. The van der Waals surface area contributed by atoms with E-state index in [-0.39, 0.29) is 11.9 Å². The largest absolute Gasteiger partial charge is 0.335 e. The molecule has 1 aromatic carbocycles. The molecule has 1 fully saturated rings. The van der Waals surface area contributed by atoms with Crippen molar-refractivity contribution in [3.05, 3.63) is 29.8 Å². The van der Waals surface area contributed by atoms with Gasteiger partial charge in [0.2, 0.25) is 0 Å². The summed E-state index contributed by atoms with van der Waals surface area (Å²) in [5, 5.41) is 2.64. The second-order valence-corrected chi connectivity index (χ2v) is 5.58. The van der Waals surface area contributed by atoms with Gasteiger partial charge in [-0.05, 0) is 50.4 Å². The molecule has 1 aliphatic rings. The Balaban J connectivity index is 2.20. The van der Waals surface area contributed by atoms with Gasteiger partial charge in [0.15, 0.2) is 0 Å². The molecule has 0 radical (unpaired) electrons. The first kappa shape index (κ1) is 12.0. The van der Waals surface area contributed by atoms with Crippen LogP contribution in [0.5, 0.6) is 0 Å². The Labute approximate surface area is 105 Å². The highest BCUT2D eigenvalue weighted by molar-refractivity contribution is 7.98. The summed E-state index contributed by atoms with van der Waals surface area (Å²) in [5.41, 5.74) is 0.287. The number of hydrogen-bond donors (Lipinski definition) is 1. The van der Waals surface area contributed by atoms with Crippen molar-refractivity contribution in [3.63, 3.8) is 0 Å². The van der Waals surface area contributed by atoms with Gasteiger partial charge in [-0.3, -0.25) is 4.79 Å². The molecule has 0 aromatic heterocycles. The van der Waals surface area contributed by atoms with E-state index in [1.54, 1.807) is 13.8 Å². The maximum absolute atomic E-state index is 11.9. The summed E-state index contributed by atoms with van der Waals surface area (Å²) in [7, 11) is 0. The fourth-order valence-corrected chi connectivity index (χ4v) is 2.61. The molecule has 0 spiro atoms. The molecule has 1 N–H and O–H groups in total. The average molecular weight is 250 g/mol. The van der Waals surface area contributed by atoms with Crippen LogP contribution >= 0.6 is 11.9 Å². The molecule has 2 rings (SSSR count). The molecule has 1 heterocycles. The third kappa shape index (κ3) is 2.29. The lowest BCUT2D eigenvalue weighted by atomic mass is 10.1. The summed E-state index contributed by atoms with van der Waals surface area (Å²) in [6, 6.07) is 7.34. The normalized spacial score (nSPS) is 18.4. The van der Waals surface area contributed by atoms with Crippen molar-refractivity contribution in [2.24, 2.45) is 0 Å². The zero-order valence-corrected chi connectivity index (χ0v) is 10.8. The average Bonchev–Trinajstić information content (AvgIpc) is 2.41. The van der Waals surface area contributed by atoms with E-state index in [2.05, 4.69) is 5.32 Å². The van der Waals surface area contributed by atoms with Crippen LogP contribution in [0.2, 0.25) is 0 Å². The van der Waals surface area contributed by atoms with Gasteiger partial charge < -0.3 is 5.32 Å². The number of carbonyl (C=O) groups excluding carboxylic acids is 2. The van der Waals surface area contributed by atoms with E-state index in [1.165, 1.54) is 4.31 Å². The minimum absolute atomic E-state index is 0.214. The third-order valence-corrected chi connectivity index (χ3v) is 3.49. The Bertz CT molecular complexity index is 485. The fraction of sp³-hybridized carbons (Fsp3) is 0.333. The quantitative estimate of drug-likeness (QED) is 0.647. The molecular weight excluding hydrogens is 236 g/mol. The van der Waals surface area contributed by atoms with Crippen LogP contribution in [0.3, 0.4) is 0 Å². The highest BCUT2D eigenvalue weighted by Gasteiger charge is 2.45. The van der Waals surface area contributed by atoms with Crippen LogP contribution in [-0.4, -0.2) is 21.8 Å². The smallest absolute Gasteiger partial charge is 0.323 e. The number of hydrogen-bond acceptors (Lipinski definition) is 3. The molecule has 0 atom stereocenters. The van der Waals surface area contributed by atoms with Crippen molar-refractivity contribution in [2.45, 2.75) is 31.2 Å². The highest BCUT2D eigenvalue weighted by Crippen LogP contribution is 2.29. The molecule has 0 unspecified atom stereocenters. The van der Waals surface area contributed by atoms with Gasteiger partial charge >= 0.3 is 6.03 Å². The summed E-state index contributed by atoms with van der Waals surface area (Å²) in [4.78, 5) is 24.5. The molecule has 17 heavy (non-hydrogen) atoms. The summed E-state index contributed by atoms with van der Waals surface area (Å²) in [6.07, 6.45) is 0. The Kier molecular flexibility index (Phi) is 2.87. The molecule has 0 bridgehead atoms. The molecule has 0 aliphatic carbocycles. The van der Waals surface area contributed by atoms with Gasteiger partial charge in [-0.1, -0.05) is 12.1 Å². The van der Waals surface area contributed by atoms with Crippen LogP contribution < -0.4 is 5.32 Å². The lowest BCUT2D eigenvalue weighted by Gasteiger charge is -2.14. The lowest BCUT2D eigenvalue weighted by molar-refractivity contribution is -0.126. The maximum Gasteiger partial charge on any atom is 0.335 e. The molecule has 1 saturated heterocycles.